The maximum absolute atomic E-state index is 11.8. The van der Waals surface area contributed by atoms with Gasteiger partial charge in [-0.3, -0.25) is 14.4 Å². The lowest BCUT2D eigenvalue weighted by Gasteiger charge is -2.26. The summed E-state index contributed by atoms with van der Waals surface area (Å²) in [5.74, 6) is -1.35. The lowest BCUT2D eigenvalue weighted by Crippen LogP contribution is -2.44. The molecule has 0 unspecified atom stereocenters. The molecule has 2 amide bonds. The first-order chi connectivity index (χ1) is 8.38. The van der Waals surface area contributed by atoms with Crippen molar-refractivity contribution >= 4 is 17.8 Å². The summed E-state index contributed by atoms with van der Waals surface area (Å²) in [4.78, 5) is 35.0. The molecule has 0 saturated carbocycles. The topological polar surface area (TPSA) is 86.7 Å². The summed E-state index contributed by atoms with van der Waals surface area (Å²) in [6.07, 6.45) is 1.03. The first-order valence-electron chi connectivity index (χ1n) is 6.16. The number of carboxylic acid groups (broad SMARTS) is 1. The highest BCUT2D eigenvalue weighted by Gasteiger charge is 2.18. The molecule has 6 heteroatoms. The Morgan fingerprint density at radius 2 is 1.83 bits per heavy atom. The lowest BCUT2D eigenvalue weighted by atomic mass is 10.2. The molecule has 0 heterocycles. The number of aliphatic carboxylic acids is 1. The summed E-state index contributed by atoms with van der Waals surface area (Å²) in [7, 11) is 0. The van der Waals surface area contributed by atoms with Crippen molar-refractivity contribution in [1.29, 1.82) is 0 Å². The Bertz CT molecular complexity index is 302. The van der Waals surface area contributed by atoms with Crippen LogP contribution >= 0.6 is 0 Å². The number of amides is 2. The third kappa shape index (κ3) is 6.88. The van der Waals surface area contributed by atoms with Crippen LogP contribution in [0.4, 0.5) is 0 Å². The molecule has 0 aromatic heterocycles. The minimum Gasteiger partial charge on any atom is -0.481 e. The number of hydrogen-bond acceptors (Lipinski definition) is 3. The molecule has 0 aliphatic carbocycles. The molecule has 0 saturated heterocycles. The molecule has 0 aromatic carbocycles. The third-order valence-electron chi connectivity index (χ3n) is 2.42. The van der Waals surface area contributed by atoms with Gasteiger partial charge in [0, 0.05) is 19.0 Å². The minimum absolute atomic E-state index is 0.0728. The Balaban J connectivity index is 4.22. The maximum atomic E-state index is 11.8. The van der Waals surface area contributed by atoms with Gasteiger partial charge in [-0.15, -0.1) is 0 Å². The van der Waals surface area contributed by atoms with Crippen LogP contribution in [0.25, 0.3) is 0 Å². The van der Waals surface area contributed by atoms with Gasteiger partial charge < -0.3 is 15.3 Å². The van der Waals surface area contributed by atoms with Gasteiger partial charge >= 0.3 is 5.97 Å². The number of rotatable bonds is 8. The molecule has 0 atom stereocenters. The number of nitrogens with zero attached hydrogens (tertiary/aromatic N) is 1. The molecule has 6 nitrogen and oxygen atoms in total. The van der Waals surface area contributed by atoms with Gasteiger partial charge in [0.25, 0.3) is 0 Å². The molecule has 0 aromatic rings. The fourth-order valence-corrected chi connectivity index (χ4v) is 1.48. The van der Waals surface area contributed by atoms with Crippen molar-refractivity contribution in [3.63, 3.8) is 0 Å². The number of hydrogen-bond donors (Lipinski definition) is 2. The average molecular weight is 258 g/mol. The van der Waals surface area contributed by atoms with E-state index in [-0.39, 0.29) is 37.4 Å². The Morgan fingerprint density at radius 3 is 2.28 bits per heavy atom. The van der Waals surface area contributed by atoms with E-state index in [4.69, 9.17) is 5.11 Å². The van der Waals surface area contributed by atoms with Gasteiger partial charge in [-0.25, -0.2) is 0 Å². The summed E-state index contributed by atoms with van der Waals surface area (Å²) in [5.41, 5.74) is 0. The van der Waals surface area contributed by atoms with Gasteiger partial charge in [0.15, 0.2) is 0 Å². The van der Waals surface area contributed by atoms with Crippen LogP contribution in [0.2, 0.25) is 0 Å². The fourth-order valence-electron chi connectivity index (χ4n) is 1.48. The molecular formula is C12H22N2O4. The van der Waals surface area contributed by atoms with Crippen LogP contribution in [0, 0.1) is 0 Å². The fraction of sp³-hybridized carbons (Fsp3) is 0.750. The number of carbonyl (C=O) groups is 3. The molecule has 0 aliphatic heterocycles. The van der Waals surface area contributed by atoms with Crippen molar-refractivity contribution in [3.8, 4) is 0 Å². The molecule has 2 N–H and O–H groups in total. The highest BCUT2D eigenvalue weighted by molar-refractivity contribution is 5.85. The van der Waals surface area contributed by atoms with Crippen LogP contribution < -0.4 is 5.32 Å². The summed E-state index contributed by atoms with van der Waals surface area (Å²) in [6, 6.07) is -0.0834. The summed E-state index contributed by atoms with van der Waals surface area (Å²) >= 11 is 0. The predicted octanol–water partition coefficient (Wildman–Crippen LogP) is 0.614. The molecule has 0 bridgehead atoms. The molecule has 0 fully saturated rings. The van der Waals surface area contributed by atoms with E-state index >= 15 is 0 Å². The first-order valence-corrected chi connectivity index (χ1v) is 6.16. The highest BCUT2D eigenvalue weighted by atomic mass is 16.4. The Hall–Kier alpha value is -1.59. The number of nitrogens with one attached hydrogen (secondary N) is 1. The van der Waals surface area contributed by atoms with E-state index in [1.54, 1.807) is 0 Å². The SMILES string of the molecule is CCCC(=O)NCC(=O)N(CCC(=O)O)C(C)C. The zero-order valence-electron chi connectivity index (χ0n) is 11.2. The zero-order chi connectivity index (χ0) is 14.1. The van der Waals surface area contributed by atoms with Crippen LogP contribution in [-0.4, -0.2) is 46.9 Å². The lowest BCUT2D eigenvalue weighted by molar-refractivity contribution is -0.139. The van der Waals surface area contributed by atoms with Crippen molar-refractivity contribution in [2.75, 3.05) is 13.1 Å². The van der Waals surface area contributed by atoms with E-state index < -0.39 is 5.97 Å². The third-order valence-corrected chi connectivity index (χ3v) is 2.42. The second-order valence-corrected chi connectivity index (χ2v) is 4.35. The predicted molar refractivity (Wildman–Crippen MR) is 67.0 cm³/mol. The van der Waals surface area contributed by atoms with Gasteiger partial charge in [-0.1, -0.05) is 6.92 Å². The van der Waals surface area contributed by atoms with Crippen LogP contribution in [0.1, 0.15) is 40.0 Å². The number of carboxylic acids is 1. The molecule has 0 rings (SSSR count). The molecule has 104 valence electrons. The Labute approximate surface area is 107 Å². The summed E-state index contributed by atoms with van der Waals surface area (Å²) in [6.45, 7) is 5.60. The van der Waals surface area contributed by atoms with Gasteiger partial charge in [0.1, 0.15) is 0 Å². The van der Waals surface area contributed by atoms with E-state index in [1.807, 2.05) is 20.8 Å². The van der Waals surface area contributed by atoms with Crippen molar-refractivity contribution < 1.29 is 19.5 Å². The number of carbonyl (C=O) groups excluding carboxylic acids is 2. The average Bonchev–Trinajstić information content (AvgIpc) is 2.26. The van der Waals surface area contributed by atoms with Crippen molar-refractivity contribution in [2.45, 2.75) is 46.1 Å². The Kier molecular flexibility index (Phi) is 7.74. The van der Waals surface area contributed by atoms with E-state index in [1.165, 1.54) is 4.90 Å². The second kappa shape index (κ2) is 8.49. The molecule has 0 aliphatic rings. The van der Waals surface area contributed by atoms with Gasteiger partial charge in [-0.05, 0) is 20.3 Å². The van der Waals surface area contributed by atoms with Gasteiger partial charge in [-0.2, -0.15) is 0 Å². The van der Waals surface area contributed by atoms with Crippen molar-refractivity contribution in [1.82, 2.24) is 10.2 Å². The van der Waals surface area contributed by atoms with Gasteiger partial charge in [0.05, 0.1) is 13.0 Å². The van der Waals surface area contributed by atoms with Crippen LogP contribution in [0.15, 0.2) is 0 Å². The zero-order valence-corrected chi connectivity index (χ0v) is 11.2. The van der Waals surface area contributed by atoms with Crippen LogP contribution in [-0.2, 0) is 14.4 Å². The van der Waals surface area contributed by atoms with Crippen LogP contribution in [0.5, 0.6) is 0 Å². The summed E-state index contributed by atoms with van der Waals surface area (Å²) in [5, 5.41) is 11.1. The molecule has 0 spiro atoms. The molecular weight excluding hydrogens is 236 g/mol. The molecule has 18 heavy (non-hydrogen) atoms. The monoisotopic (exact) mass is 258 g/mol. The van der Waals surface area contributed by atoms with E-state index in [0.717, 1.165) is 6.42 Å². The quantitative estimate of drug-likeness (QED) is 0.668. The Morgan fingerprint density at radius 1 is 1.22 bits per heavy atom. The molecule has 0 radical (unpaired) electrons. The van der Waals surface area contributed by atoms with E-state index in [9.17, 15) is 14.4 Å². The summed E-state index contributed by atoms with van der Waals surface area (Å²) < 4.78 is 0. The van der Waals surface area contributed by atoms with Crippen LogP contribution in [0.3, 0.4) is 0 Å². The largest absolute Gasteiger partial charge is 0.481 e. The smallest absolute Gasteiger partial charge is 0.305 e. The first kappa shape index (κ1) is 16.4. The van der Waals surface area contributed by atoms with Crippen molar-refractivity contribution in [2.24, 2.45) is 0 Å². The van der Waals surface area contributed by atoms with E-state index in [0.29, 0.717) is 6.42 Å². The van der Waals surface area contributed by atoms with E-state index in [2.05, 4.69) is 5.32 Å². The second-order valence-electron chi connectivity index (χ2n) is 4.35. The highest BCUT2D eigenvalue weighted by Crippen LogP contribution is 2.00. The van der Waals surface area contributed by atoms with Gasteiger partial charge in [0.2, 0.25) is 11.8 Å². The maximum Gasteiger partial charge on any atom is 0.305 e. The minimum atomic E-state index is -0.941. The van der Waals surface area contributed by atoms with Crippen molar-refractivity contribution in [3.05, 3.63) is 0 Å². The standard InChI is InChI=1S/C12H22N2O4/c1-4-5-10(15)13-8-11(16)14(9(2)3)7-6-12(17)18/h9H,4-8H2,1-3H3,(H,13,15)(H,17,18). The normalized spacial score (nSPS) is 10.2.